The van der Waals surface area contributed by atoms with Crippen molar-refractivity contribution in [1.29, 1.82) is 0 Å². The van der Waals surface area contributed by atoms with Gasteiger partial charge in [0.05, 0.1) is 23.3 Å². The first-order chi connectivity index (χ1) is 19.8. The van der Waals surface area contributed by atoms with Crippen LogP contribution < -0.4 is 16.0 Å². The van der Waals surface area contributed by atoms with E-state index in [1.165, 1.54) is 0 Å². The maximum absolute atomic E-state index is 13.7. The molecule has 2 saturated heterocycles. The number of nitrogens with zero attached hydrogens (tertiary/aromatic N) is 3. The largest absolute Gasteiger partial charge is 0.381 e. The summed E-state index contributed by atoms with van der Waals surface area (Å²) in [7, 11) is 1.83. The second-order valence-electron chi connectivity index (χ2n) is 11.8. The van der Waals surface area contributed by atoms with Crippen LogP contribution in [0.2, 0.25) is 0 Å². The second-order valence-corrected chi connectivity index (χ2v) is 11.8. The molecular weight excluding hydrogens is 520 g/mol. The van der Waals surface area contributed by atoms with Gasteiger partial charge in [0, 0.05) is 52.0 Å². The number of rotatable bonds is 5. The number of fused-ring (bicyclic) bond motifs is 1. The molecule has 0 saturated carbocycles. The molecular formula is C31H42N6O4. The third kappa shape index (κ3) is 7.23. The topological polar surface area (TPSA) is 118 Å². The number of nitrogens with one attached hydrogen (secondary N) is 3. The van der Waals surface area contributed by atoms with E-state index in [1.54, 1.807) is 4.68 Å². The number of carbonyl (C=O) groups is 3. The summed E-state index contributed by atoms with van der Waals surface area (Å²) in [5.74, 6) is -0.139. The van der Waals surface area contributed by atoms with E-state index in [-0.39, 0.29) is 36.2 Å². The van der Waals surface area contributed by atoms with Gasteiger partial charge in [0.1, 0.15) is 6.04 Å². The predicted molar refractivity (Wildman–Crippen MR) is 156 cm³/mol. The molecule has 220 valence electrons. The molecule has 4 heterocycles. The SMILES string of the molecule is Cc1nn(C)cc1NC(=O)CN1CC[C@H]2NC(=O)[C@H](Cc3ccccc3)NC(=O)C3(C/C=C/C[C@H]2C1)CCOCC3. The Labute approximate surface area is 241 Å². The van der Waals surface area contributed by atoms with Gasteiger partial charge in [-0.2, -0.15) is 5.10 Å². The van der Waals surface area contributed by atoms with Gasteiger partial charge < -0.3 is 20.7 Å². The highest BCUT2D eigenvalue weighted by Gasteiger charge is 2.41. The number of ether oxygens (including phenoxy) is 1. The number of hydrogen-bond donors (Lipinski definition) is 3. The fourth-order valence-electron chi connectivity index (χ4n) is 6.31. The molecule has 0 unspecified atom stereocenters. The van der Waals surface area contributed by atoms with Gasteiger partial charge >= 0.3 is 0 Å². The lowest BCUT2D eigenvalue weighted by atomic mass is 9.75. The normalized spacial score (nSPS) is 26.1. The number of carbonyl (C=O) groups excluding carboxylic acids is 3. The highest BCUT2D eigenvalue weighted by molar-refractivity contribution is 5.92. The lowest BCUT2D eigenvalue weighted by Gasteiger charge is -2.40. The van der Waals surface area contributed by atoms with Crippen molar-refractivity contribution in [3.63, 3.8) is 0 Å². The lowest BCUT2D eigenvalue weighted by Crippen LogP contribution is -2.58. The fraction of sp³-hybridized carbons (Fsp3) is 0.548. The van der Waals surface area contributed by atoms with Gasteiger partial charge in [0.15, 0.2) is 0 Å². The van der Waals surface area contributed by atoms with E-state index >= 15 is 0 Å². The lowest BCUT2D eigenvalue weighted by molar-refractivity contribution is -0.140. The number of aryl methyl sites for hydroxylation is 2. The van der Waals surface area contributed by atoms with Crippen molar-refractivity contribution >= 4 is 23.4 Å². The Morgan fingerprint density at radius 1 is 1.15 bits per heavy atom. The minimum atomic E-state index is -0.666. The van der Waals surface area contributed by atoms with Crippen LogP contribution in [0, 0.1) is 18.3 Å². The molecule has 10 heteroatoms. The first-order valence-corrected chi connectivity index (χ1v) is 14.7. The van der Waals surface area contributed by atoms with Crippen molar-refractivity contribution in [3.8, 4) is 0 Å². The number of benzene rings is 1. The Balaban J connectivity index is 1.32. The van der Waals surface area contributed by atoms with E-state index in [0.29, 0.717) is 52.0 Å². The summed E-state index contributed by atoms with van der Waals surface area (Å²) < 4.78 is 7.28. The van der Waals surface area contributed by atoms with Gasteiger partial charge in [0.25, 0.3) is 0 Å². The highest BCUT2D eigenvalue weighted by atomic mass is 16.5. The zero-order valence-corrected chi connectivity index (χ0v) is 24.1. The summed E-state index contributed by atoms with van der Waals surface area (Å²) in [6.07, 6.45) is 9.91. The van der Waals surface area contributed by atoms with Crippen molar-refractivity contribution in [2.75, 3.05) is 38.2 Å². The third-order valence-electron chi connectivity index (χ3n) is 8.75. The zero-order chi connectivity index (χ0) is 28.8. The number of aromatic nitrogens is 2. The van der Waals surface area contributed by atoms with Crippen LogP contribution in [-0.2, 0) is 32.6 Å². The molecule has 41 heavy (non-hydrogen) atoms. The Kier molecular flexibility index (Phi) is 9.19. The van der Waals surface area contributed by atoms with Crippen molar-refractivity contribution < 1.29 is 19.1 Å². The molecule has 10 nitrogen and oxygen atoms in total. The van der Waals surface area contributed by atoms with Crippen LogP contribution in [-0.4, -0.2) is 77.3 Å². The van der Waals surface area contributed by atoms with E-state index in [4.69, 9.17) is 4.74 Å². The van der Waals surface area contributed by atoms with Gasteiger partial charge in [-0.05, 0) is 50.5 Å². The number of hydrogen-bond acceptors (Lipinski definition) is 6. The Hall–Kier alpha value is -3.50. The smallest absolute Gasteiger partial charge is 0.243 e. The van der Waals surface area contributed by atoms with Gasteiger partial charge in [0.2, 0.25) is 17.7 Å². The van der Waals surface area contributed by atoms with E-state index in [9.17, 15) is 14.4 Å². The molecule has 3 atom stereocenters. The summed E-state index contributed by atoms with van der Waals surface area (Å²) in [6, 6.07) is 9.12. The molecule has 0 bridgehead atoms. The first kappa shape index (κ1) is 29.0. The number of piperidine rings is 1. The summed E-state index contributed by atoms with van der Waals surface area (Å²) in [4.78, 5) is 42.5. The molecule has 2 fully saturated rings. The average molecular weight is 563 g/mol. The van der Waals surface area contributed by atoms with Crippen LogP contribution in [0.3, 0.4) is 0 Å². The van der Waals surface area contributed by atoms with Crippen LogP contribution in [0.4, 0.5) is 5.69 Å². The molecule has 5 rings (SSSR count). The van der Waals surface area contributed by atoms with Crippen molar-refractivity contribution in [2.24, 2.45) is 18.4 Å². The van der Waals surface area contributed by atoms with Gasteiger partial charge in [-0.3, -0.25) is 24.0 Å². The predicted octanol–water partition coefficient (Wildman–Crippen LogP) is 2.35. The number of likely N-dealkylation sites (tertiary alicyclic amines) is 1. The molecule has 3 N–H and O–H groups in total. The van der Waals surface area contributed by atoms with Crippen LogP contribution in [0.15, 0.2) is 48.7 Å². The minimum absolute atomic E-state index is 0.0429. The average Bonchev–Trinajstić information content (AvgIpc) is 3.28. The number of anilines is 1. The number of amides is 3. The Bertz CT molecular complexity index is 1250. The van der Waals surface area contributed by atoms with Gasteiger partial charge in [-0.25, -0.2) is 0 Å². The molecule has 1 spiro atoms. The summed E-state index contributed by atoms with van der Waals surface area (Å²) in [6.45, 7) is 4.63. The van der Waals surface area contributed by atoms with E-state index in [2.05, 4.69) is 38.1 Å². The maximum atomic E-state index is 13.7. The van der Waals surface area contributed by atoms with Crippen LogP contribution in [0.5, 0.6) is 0 Å². The molecule has 2 aromatic rings. The summed E-state index contributed by atoms with van der Waals surface area (Å²) in [5, 5.41) is 13.7. The fourth-order valence-corrected chi connectivity index (χ4v) is 6.31. The number of allylic oxidation sites excluding steroid dienone is 2. The molecule has 3 aliphatic heterocycles. The summed E-state index contributed by atoms with van der Waals surface area (Å²) >= 11 is 0. The van der Waals surface area contributed by atoms with E-state index in [0.717, 1.165) is 29.8 Å². The zero-order valence-electron chi connectivity index (χ0n) is 24.1. The van der Waals surface area contributed by atoms with Crippen molar-refractivity contribution in [1.82, 2.24) is 25.3 Å². The monoisotopic (exact) mass is 562 g/mol. The van der Waals surface area contributed by atoms with Crippen molar-refractivity contribution in [2.45, 2.75) is 57.5 Å². The van der Waals surface area contributed by atoms with Gasteiger partial charge in [-0.1, -0.05) is 42.5 Å². The third-order valence-corrected chi connectivity index (χ3v) is 8.75. The molecule has 1 aromatic carbocycles. The highest BCUT2D eigenvalue weighted by Crippen LogP contribution is 2.36. The van der Waals surface area contributed by atoms with E-state index in [1.807, 2.05) is 50.5 Å². The quantitative estimate of drug-likeness (QED) is 0.482. The maximum Gasteiger partial charge on any atom is 0.243 e. The molecule has 1 aromatic heterocycles. The van der Waals surface area contributed by atoms with Crippen LogP contribution in [0.1, 0.15) is 43.4 Å². The molecule has 3 amide bonds. The van der Waals surface area contributed by atoms with Crippen LogP contribution in [0.25, 0.3) is 0 Å². The summed E-state index contributed by atoms with van der Waals surface area (Å²) in [5.41, 5.74) is 1.93. The van der Waals surface area contributed by atoms with E-state index < -0.39 is 11.5 Å². The molecule has 0 aliphatic carbocycles. The Morgan fingerprint density at radius 2 is 1.93 bits per heavy atom. The second kappa shape index (κ2) is 13.0. The first-order valence-electron chi connectivity index (χ1n) is 14.7. The molecule has 3 aliphatic rings. The van der Waals surface area contributed by atoms with Gasteiger partial charge in [-0.15, -0.1) is 0 Å². The van der Waals surface area contributed by atoms with Crippen molar-refractivity contribution in [3.05, 3.63) is 59.9 Å². The Morgan fingerprint density at radius 3 is 2.66 bits per heavy atom. The molecule has 0 radical (unpaired) electrons. The standard InChI is InChI=1S/C31H42N6O4/c1-22-27(20-36(2)35-22)32-28(38)21-37-15-11-25-24(19-37)10-6-7-12-31(13-16-41-17-14-31)30(40)34-26(29(39)33-25)18-23-8-4-3-5-9-23/h3-9,20,24-26H,10-19,21H2,1-2H3,(H,32,38)(H,33,39)(H,34,40)/b7-6+/t24-,25+,26-/m0/s1. The van der Waals surface area contributed by atoms with Crippen LogP contribution >= 0.6 is 0 Å². The minimum Gasteiger partial charge on any atom is -0.381 e.